The summed E-state index contributed by atoms with van der Waals surface area (Å²) >= 11 is 0. The molecule has 0 saturated heterocycles. The van der Waals surface area contributed by atoms with Crippen LogP contribution in [0.25, 0.3) is 0 Å². The van der Waals surface area contributed by atoms with Crippen LogP contribution >= 0.6 is 0 Å². The summed E-state index contributed by atoms with van der Waals surface area (Å²) in [4.78, 5) is 13.7. The zero-order valence-electron chi connectivity index (χ0n) is 15.3. The Morgan fingerprint density at radius 2 is 2.28 bits per heavy atom. The fraction of sp³-hybridized carbons (Fsp3) is 0.556. The van der Waals surface area contributed by atoms with E-state index >= 15 is 0 Å². The van der Waals surface area contributed by atoms with Crippen molar-refractivity contribution < 1.29 is 0 Å². The highest BCUT2D eigenvalue weighted by atomic mass is 15.4. The van der Waals surface area contributed by atoms with E-state index in [0.717, 1.165) is 55.7 Å². The Morgan fingerprint density at radius 1 is 1.40 bits per heavy atom. The van der Waals surface area contributed by atoms with Crippen LogP contribution < -0.4 is 10.6 Å². The Kier molecular flexibility index (Phi) is 5.63. The molecule has 0 amide bonds. The van der Waals surface area contributed by atoms with E-state index in [2.05, 4.69) is 52.5 Å². The highest BCUT2D eigenvalue weighted by Gasteiger charge is 2.22. The van der Waals surface area contributed by atoms with E-state index in [1.807, 2.05) is 16.9 Å². The quantitative estimate of drug-likeness (QED) is 0.638. The van der Waals surface area contributed by atoms with Gasteiger partial charge in [0.1, 0.15) is 5.82 Å². The second-order valence-electron chi connectivity index (χ2n) is 6.32. The zero-order chi connectivity index (χ0) is 17.6. The van der Waals surface area contributed by atoms with E-state index < -0.39 is 0 Å². The van der Waals surface area contributed by atoms with Crippen molar-refractivity contribution >= 4 is 5.96 Å². The van der Waals surface area contributed by atoms with Crippen molar-refractivity contribution in [1.82, 2.24) is 30.4 Å². The topological polar surface area (TPSA) is 80.0 Å². The van der Waals surface area contributed by atoms with Gasteiger partial charge in [-0.05, 0) is 31.9 Å². The van der Waals surface area contributed by atoms with E-state index in [1.165, 1.54) is 5.56 Å². The molecule has 0 fully saturated rings. The van der Waals surface area contributed by atoms with Gasteiger partial charge in [-0.3, -0.25) is 4.98 Å². The van der Waals surface area contributed by atoms with Gasteiger partial charge < -0.3 is 10.6 Å². The second-order valence-corrected chi connectivity index (χ2v) is 6.32. The van der Waals surface area contributed by atoms with Gasteiger partial charge in [0.15, 0.2) is 11.8 Å². The summed E-state index contributed by atoms with van der Waals surface area (Å²) < 4.78 is 2.03. The second kappa shape index (κ2) is 8.09. The lowest BCUT2D eigenvalue weighted by molar-refractivity contribution is 0.392. The summed E-state index contributed by atoms with van der Waals surface area (Å²) in [6.07, 6.45) is 4.68. The lowest BCUT2D eigenvalue weighted by atomic mass is 10.1. The summed E-state index contributed by atoms with van der Waals surface area (Å²) in [6.45, 7) is 8.46. The molecule has 0 saturated carbocycles. The number of aryl methyl sites for hydroxylation is 3. The maximum Gasteiger partial charge on any atom is 0.191 e. The molecule has 1 unspecified atom stereocenters. The van der Waals surface area contributed by atoms with Gasteiger partial charge in [0.25, 0.3) is 0 Å². The molecule has 7 nitrogen and oxygen atoms in total. The van der Waals surface area contributed by atoms with E-state index in [-0.39, 0.29) is 0 Å². The number of aromatic nitrogens is 4. The van der Waals surface area contributed by atoms with Crippen molar-refractivity contribution in [2.24, 2.45) is 4.99 Å². The van der Waals surface area contributed by atoms with Crippen LogP contribution in [-0.4, -0.2) is 38.3 Å². The lowest BCUT2D eigenvalue weighted by Crippen LogP contribution is -2.47. The van der Waals surface area contributed by atoms with Gasteiger partial charge in [0, 0.05) is 31.6 Å². The fourth-order valence-electron chi connectivity index (χ4n) is 2.98. The molecule has 2 N–H and O–H groups in total. The maximum atomic E-state index is 4.70. The third-order valence-electron chi connectivity index (χ3n) is 4.41. The van der Waals surface area contributed by atoms with Crippen LogP contribution in [0, 0.1) is 6.92 Å². The third-order valence-corrected chi connectivity index (χ3v) is 4.41. The van der Waals surface area contributed by atoms with E-state index in [0.29, 0.717) is 12.6 Å². The van der Waals surface area contributed by atoms with Crippen molar-refractivity contribution in [3.05, 3.63) is 41.2 Å². The highest BCUT2D eigenvalue weighted by Crippen LogP contribution is 2.13. The summed E-state index contributed by atoms with van der Waals surface area (Å²) in [5.74, 6) is 2.86. The molecule has 0 radical (unpaired) electrons. The predicted octanol–water partition coefficient (Wildman–Crippen LogP) is 1.61. The molecular weight excluding hydrogens is 314 g/mol. The Labute approximate surface area is 149 Å². The number of hydrogen-bond acceptors (Lipinski definition) is 4. The van der Waals surface area contributed by atoms with Gasteiger partial charge in [-0.15, -0.1) is 0 Å². The molecule has 2 aromatic heterocycles. The van der Waals surface area contributed by atoms with Crippen molar-refractivity contribution in [1.29, 1.82) is 0 Å². The molecule has 7 heteroatoms. The first-order chi connectivity index (χ1) is 12.2. The number of fused-ring (bicyclic) bond motifs is 1. The van der Waals surface area contributed by atoms with Gasteiger partial charge in [-0.2, -0.15) is 5.10 Å². The number of nitrogens with one attached hydrogen (secondary N) is 2. The van der Waals surface area contributed by atoms with Crippen LogP contribution in [0.15, 0.2) is 23.3 Å². The minimum absolute atomic E-state index is 0.307. The molecule has 0 aromatic carbocycles. The first kappa shape index (κ1) is 17.4. The Balaban J connectivity index is 1.65. The largest absolute Gasteiger partial charge is 0.357 e. The van der Waals surface area contributed by atoms with Gasteiger partial charge in [0.2, 0.25) is 0 Å². The Bertz CT molecular complexity index is 735. The van der Waals surface area contributed by atoms with Gasteiger partial charge in [-0.25, -0.2) is 14.7 Å². The van der Waals surface area contributed by atoms with Gasteiger partial charge in [0.05, 0.1) is 18.8 Å². The summed E-state index contributed by atoms with van der Waals surface area (Å²) in [7, 11) is 0. The molecule has 0 bridgehead atoms. The molecule has 0 spiro atoms. The van der Waals surface area contributed by atoms with E-state index in [9.17, 15) is 0 Å². The molecule has 2 aromatic rings. The minimum Gasteiger partial charge on any atom is -0.357 e. The van der Waals surface area contributed by atoms with Crippen LogP contribution in [0.1, 0.15) is 43.2 Å². The fourth-order valence-corrected chi connectivity index (χ4v) is 2.98. The van der Waals surface area contributed by atoms with E-state index in [4.69, 9.17) is 4.99 Å². The summed E-state index contributed by atoms with van der Waals surface area (Å²) in [5, 5.41) is 11.4. The molecule has 25 heavy (non-hydrogen) atoms. The normalized spacial score (nSPS) is 17.2. The Morgan fingerprint density at radius 3 is 3.04 bits per heavy atom. The summed E-state index contributed by atoms with van der Waals surface area (Å²) in [5.41, 5.74) is 2.17. The van der Waals surface area contributed by atoms with Crippen molar-refractivity contribution in [2.75, 3.05) is 6.54 Å². The molecule has 134 valence electrons. The monoisotopic (exact) mass is 341 g/mol. The average molecular weight is 341 g/mol. The van der Waals surface area contributed by atoms with Crippen LogP contribution in [0.4, 0.5) is 0 Å². The Hall–Kier alpha value is -2.44. The predicted molar refractivity (Wildman–Crippen MR) is 98.4 cm³/mol. The molecular formula is C18H27N7. The molecule has 3 heterocycles. The number of guanidine groups is 1. The SMILES string of the molecule is CCNC(=NCc1ncccc1C)NC1CCc2nc(CC)nn2C1. The van der Waals surface area contributed by atoms with Crippen molar-refractivity contribution in [3.8, 4) is 0 Å². The van der Waals surface area contributed by atoms with Gasteiger partial charge in [-0.1, -0.05) is 13.0 Å². The lowest BCUT2D eigenvalue weighted by Gasteiger charge is -2.25. The minimum atomic E-state index is 0.307. The van der Waals surface area contributed by atoms with Crippen molar-refractivity contribution in [3.63, 3.8) is 0 Å². The zero-order valence-corrected chi connectivity index (χ0v) is 15.3. The van der Waals surface area contributed by atoms with Crippen LogP contribution in [0.2, 0.25) is 0 Å². The number of nitrogens with zero attached hydrogens (tertiary/aromatic N) is 5. The third kappa shape index (κ3) is 4.35. The number of pyridine rings is 1. The average Bonchev–Trinajstić information content (AvgIpc) is 3.03. The number of hydrogen-bond donors (Lipinski definition) is 2. The maximum absolute atomic E-state index is 4.70. The molecule has 1 atom stereocenters. The van der Waals surface area contributed by atoms with E-state index in [1.54, 1.807) is 0 Å². The smallest absolute Gasteiger partial charge is 0.191 e. The standard InChI is InChI=1S/C18H27N7/c1-4-16-23-17-9-8-14(12-25(17)24-16)22-18(19-5-2)21-11-15-13(3)7-6-10-20-15/h6-7,10,14H,4-5,8-9,11-12H2,1-3H3,(H2,19,21,22). The van der Waals surface area contributed by atoms with Crippen LogP contribution in [-0.2, 0) is 25.9 Å². The first-order valence-corrected chi connectivity index (χ1v) is 9.07. The van der Waals surface area contributed by atoms with Gasteiger partial charge >= 0.3 is 0 Å². The molecule has 3 rings (SSSR count). The highest BCUT2D eigenvalue weighted by molar-refractivity contribution is 5.80. The molecule has 1 aliphatic rings. The molecule has 1 aliphatic heterocycles. The van der Waals surface area contributed by atoms with Crippen LogP contribution in [0.5, 0.6) is 0 Å². The summed E-state index contributed by atoms with van der Waals surface area (Å²) in [6, 6.07) is 4.33. The van der Waals surface area contributed by atoms with Crippen LogP contribution in [0.3, 0.4) is 0 Å². The molecule has 0 aliphatic carbocycles. The van der Waals surface area contributed by atoms with Crippen molar-refractivity contribution in [2.45, 2.75) is 59.2 Å². The number of rotatable bonds is 5. The first-order valence-electron chi connectivity index (χ1n) is 9.07. The number of aliphatic imine (C=N–C) groups is 1.